The van der Waals surface area contributed by atoms with Crippen LogP contribution in [0.2, 0.25) is 0 Å². The number of nitrogens with zero attached hydrogens (tertiary/aromatic N) is 1. The predicted octanol–water partition coefficient (Wildman–Crippen LogP) is 4.16. The summed E-state index contributed by atoms with van der Waals surface area (Å²) in [7, 11) is 0. The normalized spacial score (nSPS) is 19.0. The molecular formula is C22H23F5N4O2. The van der Waals surface area contributed by atoms with E-state index in [4.69, 9.17) is 0 Å². The largest absolute Gasteiger partial charge is 0.433 e. The van der Waals surface area contributed by atoms with E-state index in [0.29, 0.717) is 11.1 Å². The van der Waals surface area contributed by atoms with E-state index < -0.39 is 36.4 Å². The van der Waals surface area contributed by atoms with Crippen molar-refractivity contribution in [2.75, 3.05) is 0 Å². The maximum atomic E-state index is 13.7. The number of carbonyl (C=O) groups is 2. The van der Waals surface area contributed by atoms with E-state index in [0.717, 1.165) is 12.3 Å². The van der Waals surface area contributed by atoms with E-state index >= 15 is 0 Å². The lowest BCUT2D eigenvalue weighted by atomic mass is 9.96. The van der Waals surface area contributed by atoms with Gasteiger partial charge in [-0.15, -0.1) is 0 Å². The summed E-state index contributed by atoms with van der Waals surface area (Å²) in [6, 6.07) is 5.44. The van der Waals surface area contributed by atoms with Crippen molar-refractivity contribution in [3.8, 4) is 0 Å². The van der Waals surface area contributed by atoms with Crippen molar-refractivity contribution in [1.29, 1.82) is 0 Å². The highest BCUT2D eigenvalue weighted by molar-refractivity contribution is 5.78. The van der Waals surface area contributed by atoms with Crippen LogP contribution in [0.5, 0.6) is 0 Å². The number of aromatic nitrogens is 1. The fourth-order valence-corrected chi connectivity index (χ4v) is 3.44. The van der Waals surface area contributed by atoms with E-state index in [1.807, 2.05) is 0 Å². The molecule has 0 saturated carbocycles. The van der Waals surface area contributed by atoms with Crippen molar-refractivity contribution in [3.63, 3.8) is 0 Å². The minimum absolute atomic E-state index is 0.0995. The van der Waals surface area contributed by atoms with Gasteiger partial charge in [0.25, 0.3) is 6.43 Å². The minimum Gasteiger partial charge on any atom is -0.352 e. The molecule has 3 N–H and O–H groups in total. The van der Waals surface area contributed by atoms with Crippen molar-refractivity contribution in [2.45, 2.75) is 51.6 Å². The number of nitrogens with one attached hydrogen (secondary N) is 3. The molecule has 0 spiro atoms. The quantitative estimate of drug-likeness (QED) is 0.554. The third kappa shape index (κ3) is 6.04. The second-order valence-electron chi connectivity index (χ2n) is 8.03. The van der Waals surface area contributed by atoms with Gasteiger partial charge in [0, 0.05) is 36.7 Å². The Kier molecular flexibility index (Phi) is 7.31. The number of amides is 2. The number of benzene rings is 1. The highest BCUT2D eigenvalue weighted by Crippen LogP contribution is 2.33. The molecule has 33 heavy (non-hydrogen) atoms. The molecule has 1 aliphatic rings. The van der Waals surface area contributed by atoms with Gasteiger partial charge in [-0.2, -0.15) is 13.2 Å². The molecule has 1 aromatic heterocycles. The molecular weight excluding hydrogens is 447 g/mol. The van der Waals surface area contributed by atoms with Crippen LogP contribution in [0.1, 0.15) is 66.8 Å². The van der Waals surface area contributed by atoms with Crippen LogP contribution >= 0.6 is 0 Å². The van der Waals surface area contributed by atoms with Crippen LogP contribution in [0, 0.1) is 5.92 Å². The molecule has 1 saturated heterocycles. The zero-order chi connectivity index (χ0) is 24.3. The Morgan fingerprint density at radius 1 is 1.21 bits per heavy atom. The number of hydrogen-bond donors (Lipinski definition) is 3. The molecule has 1 fully saturated rings. The summed E-state index contributed by atoms with van der Waals surface area (Å²) in [5, 5.41) is 8.31. The highest BCUT2D eigenvalue weighted by atomic mass is 19.4. The fourth-order valence-electron chi connectivity index (χ4n) is 3.44. The van der Waals surface area contributed by atoms with E-state index in [1.165, 1.54) is 24.3 Å². The highest BCUT2D eigenvalue weighted by Gasteiger charge is 2.34. The Morgan fingerprint density at radius 3 is 2.52 bits per heavy atom. The van der Waals surface area contributed by atoms with Gasteiger partial charge in [-0.3, -0.25) is 19.9 Å². The number of rotatable bonds is 6. The first-order valence-corrected chi connectivity index (χ1v) is 10.2. The first kappa shape index (κ1) is 24.6. The average Bonchev–Trinajstić information content (AvgIpc) is 2.76. The second kappa shape index (κ2) is 9.82. The molecule has 2 aromatic rings. The van der Waals surface area contributed by atoms with Gasteiger partial charge in [-0.05, 0) is 22.8 Å². The van der Waals surface area contributed by atoms with E-state index in [9.17, 15) is 31.5 Å². The molecule has 0 radical (unpaired) electrons. The Labute approximate surface area is 187 Å². The summed E-state index contributed by atoms with van der Waals surface area (Å²) in [5.41, 5.74) is -0.393. The van der Waals surface area contributed by atoms with Gasteiger partial charge in [-0.1, -0.05) is 38.1 Å². The van der Waals surface area contributed by atoms with Crippen molar-refractivity contribution in [3.05, 3.63) is 64.5 Å². The number of hydrogen-bond acceptors (Lipinski definition) is 4. The number of alkyl halides is 5. The Morgan fingerprint density at radius 2 is 1.94 bits per heavy atom. The standard InChI is InChI=1S/C22H23F5N4O2/c1-11(2)21(33)29-9-12-3-5-14(19(23)24)15(7-12)20-30-16(8-18(32)31-20)13-4-6-17(28-10-13)22(25,26)27/h3-7,10-11,16,19-20,30H,8-9H2,1-2H3,(H,29,33)(H,31,32). The Balaban J connectivity index is 1.86. The van der Waals surface area contributed by atoms with Gasteiger partial charge >= 0.3 is 6.18 Å². The van der Waals surface area contributed by atoms with E-state index in [-0.39, 0.29) is 35.9 Å². The van der Waals surface area contributed by atoms with Gasteiger partial charge < -0.3 is 10.6 Å². The lowest BCUT2D eigenvalue weighted by Crippen LogP contribution is -2.47. The average molecular weight is 470 g/mol. The first-order chi connectivity index (χ1) is 15.5. The molecule has 3 rings (SSSR count). The summed E-state index contributed by atoms with van der Waals surface area (Å²) < 4.78 is 65.7. The number of carbonyl (C=O) groups excluding carboxylic acids is 2. The zero-order valence-corrected chi connectivity index (χ0v) is 17.8. The molecule has 1 aliphatic heterocycles. The summed E-state index contributed by atoms with van der Waals surface area (Å²) in [6.07, 6.45) is -7.52. The van der Waals surface area contributed by atoms with Gasteiger partial charge in [0.05, 0.1) is 0 Å². The van der Waals surface area contributed by atoms with Crippen LogP contribution in [0.4, 0.5) is 22.0 Å². The first-order valence-electron chi connectivity index (χ1n) is 10.2. The van der Waals surface area contributed by atoms with Gasteiger partial charge in [0.2, 0.25) is 11.8 Å². The fraction of sp³-hybridized carbons (Fsp3) is 0.409. The molecule has 2 unspecified atom stereocenters. The third-order valence-corrected chi connectivity index (χ3v) is 5.23. The van der Waals surface area contributed by atoms with E-state index in [2.05, 4.69) is 20.9 Å². The molecule has 1 aromatic carbocycles. The van der Waals surface area contributed by atoms with Crippen molar-refractivity contribution in [1.82, 2.24) is 20.9 Å². The monoisotopic (exact) mass is 470 g/mol. The lowest BCUT2D eigenvalue weighted by Gasteiger charge is -2.33. The van der Waals surface area contributed by atoms with Crippen LogP contribution < -0.4 is 16.0 Å². The van der Waals surface area contributed by atoms with Crippen LogP contribution in [0.3, 0.4) is 0 Å². The van der Waals surface area contributed by atoms with Gasteiger partial charge in [-0.25, -0.2) is 8.78 Å². The minimum atomic E-state index is -4.60. The summed E-state index contributed by atoms with van der Waals surface area (Å²) in [4.78, 5) is 27.6. The van der Waals surface area contributed by atoms with Crippen molar-refractivity contribution in [2.24, 2.45) is 5.92 Å². The van der Waals surface area contributed by atoms with Gasteiger partial charge in [0.1, 0.15) is 11.9 Å². The van der Waals surface area contributed by atoms with E-state index in [1.54, 1.807) is 13.8 Å². The molecule has 0 aliphatic carbocycles. The number of halogens is 5. The van der Waals surface area contributed by atoms with Crippen LogP contribution in [-0.4, -0.2) is 16.8 Å². The summed E-state index contributed by atoms with van der Waals surface area (Å²) in [6.45, 7) is 3.55. The molecule has 2 amide bonds. The summed E-state index contributed by atoms with van der Waals surface area (Å²) >= 11 is 0. The van der Waals surface area contributed by atoms with Crippen molar-refractivity contribution < 1.29 is 31.5 Å². The molecule has 2 heterocycles. The maximum Gasteiger partial charge on any atom is 0.433 e. The maximum absolute atomic E-state index is 13.7. The van der Waals surface area contributed by atoms with Gasteiger partial charge in [0.15, 0.2) is 0 Å². The molecule has 11 heteroatoms. The number of pyridine rings is 1. The smallest absolute Gasteiger partial charge is 0.352 e. The molecule has 2 atom stereocenters. The van der Waals surface area contributed by atoms with Crippen LogP contribution in [0.25, 0.3) is 0 Å². The molecule has 178 valence electrons. The van der Waals surface area contributed by atoms with Crippen LogP contribution in [-0.2, 0) is 22.3 Å². The molecule has 6 nitrogen and oxygen atoms in total. The molecule has 0 bridgehead atoms. The van der Waals surface area contributed by atoms with Crippen LogP contribution in [0.15, 0.2) is 36.5 Å². The van der Waals surface area contributed by atoms with Crippen molar-refractivity contribution >= 4 is 11.8 Å². The summed E-state index contributed by atoms with van der Waals surface area (Å²) in [5.74, 6) is -0.905. The Bertz CT molecular complexity index is 1010. The third-order valence-electron chi connectivity index (χ3n) is 5.23. The second-order valence-corrected chi connectivity index (χ2v) is 8.03. The SMILES string of the molecule is CC(C)C(=O)NCc1ccc(C(F)F)c(C2NC(=O)CC(c3ccc(C(F)(F)F)nc3)N2)c1. The Hall–Kier alpha value is -3.08. The lowest BCUT2D eigenvalue weighted by molar-refractivity contribution is -0.141. The predicted molar refractivity (Wildman–Crippen MR) is 109 cm³/mol. The topological polar surface area (TPSA) is 83.1 Å². The zero-order valence-electron chi connectivity index (χ0n) is 17.8.